The van der Waals surface area contributed by atoms with Crippen LogP contribution in [0.3, 0.4) is 0 Å². The second kappa shape index (κ2) is 5.25. The van der Waals surface area contributed by atoms with Crippen molar-refractivity contribution in [1.82, 2.24) is 9.80 Å². The number of hydrogen-bond donors (Lipinski definition) is 0. The molecule has 0 saturated heterocycles. The first-order chi connectivity index (χ1) is 10.5. The highest BCUT2D eigenvalue weighted by Crippen LogP contribution is 2.04. The summed E-state index contributed by atoms with van der Waals surface area (Å²) in [5.74, 6) is -1.56. The van der Waals surface area contributed by atoms with Gasteiger partial charge in [-0.2, -0.15) is 0 Å². The summed E-state index contributed by atoms with van der Waals surface area (Å²) in [5, 5.41) is 1.31. The fourth-order valence-electron chi connectivity index (χ4n) is 2.04. The number of carbonyl (C=O) groups is 4. The van der Waals surface area contributed by atoms with Crippen molar-refractivity contribution in [3.8, 4) is 0 Å². The van der Waals surface area contributed by atoms with Crippen molar-refractivity contribution in [1.29, 1.82) is 0 Å². The summed E-state index contributed by atoms with van der Waals surface area (Å²) in [7, 11) is 0. The third kappa shape index (κ3) is 2.49. The van der Waals surface area contributed by atoms with Gasteiger partial charge in [-0.05, 0) is 10.4 Å². The molecule has 0 saturated carbocycles. The minimum atomic E-state index is -0.389. The Bertz CT molecular complexity index is 747. The Morgan fingerprint density at radius 2 is 0.818 bits per heavy atom. The largest absolute Gasteiger partial charge is 0.269 e. The monoisotopic (exact) mass is 294 g/mol. The average molecular weight is 294 g/mol. The number of benzene rings is 1. The number of imide groups is 2. The van der Waals surface area contributed by atoms with E-state index in [0.717, 1.165) is 9.80 Å². The van der Waals surface area contributed by atoms with Gasteiger partial charge < -0.3 is 0 Å². The molecule has 2 heterocycles. The fourth-order valence-corrected chi connectivity index (χ4v) is 2.04. The van der Waals surface area contributed by atoms with E-state index in [2.05, 4.69) is 0 Å². The summed E-state index contributed by atoms with van der Waals surface area (Å²) in [5.41, 5.74) is 0. The Morgan fingerprint density at radius 3 is 1.09 bits per heavy atom. The molecule has 4 amide bonds. The number of hydrogen-bond acceptors (Lipinski definition) is 4. The maximum Gasteiger partial charge on any atom is 0.257 e. The third-order valence-corrected chi connectivity index (χ3v) is 3.18. The van der Waals surface area contributed by atoms with Gasteiger partial charge in [0, 0.05) is 36.7 Å². The molecule has 2 aliphatic heterocycles. The molecule has 1 aromatic rings. The first kappa shape index (κ1) is 13.7. The second-order valence-electron chi connectivity index (χ2n) is 4.68. The zero-order valence-corrected chi connectivity index (χ0v) is 11.3. The molecule has 3 rings (SSSR count). The predicted molar refractivity (Wildman–Crippen MR) is 76.6 cm³/mol. The quantitative estimate of drug-likeness (QED) is 0.657. The molecule has 0 atom stereocenters. The number of amides is 4. The zero-order valence-electron chi connectivity index (χ0n) is 11.3. The standard InChI is InChI=1S/C16H10N2O4/c19-13-5-6-14(20)17(13)9-11-1-2-12(4-3-11)10-18-15(21)7-8-16(18)22/h1-10H. The average Bonchev–Trinajstić information content (AvgIpc) is 2.99. The minimum absolute atomic E-state index is 0.389. The summed E-state index contributed by atoms with van der Waals surface area (Å²) in [4.78, 5) is 47.8. The molecule has 2 aliphatic rings. The molecule has 0 spiro atoms. The number of rotatable bonds is 2. The molecule has 0 fully saturated rings. The van der Waals surface area contributed by atoms with E-state index in [-0.39, 0.29) is 23.6 Å². The lowest BCUT2D eigenvalue weighted by Gasteiger charge is -2.07. The van der Waals surface area contributed by atoms with E-state index in [1.165, 1.54) is 36.7 Å². The Hall–Kier alpha value is -3.28. The van der Waals surface area contributed by atoms with Crippen LogP contribution in [0.1, 0.15) is 0 Å². The van der Waals surface area contributed by atoms with Crippen LogP contribution in [0.2, 0.25) is 0 Å². The molecule has 0 radical (unpaired) electrons. The third-order valence-electron chi connectivity index (χ3n) is 3.18. The molecule has 22 heavy (non-hydrogen) atoms. The van der Waals surface area contributed by atoms with Gasteiger partial charge in [-0.3, -0.25) is 19.2 Å². The normalized spacial score (nSPS) is 16.9. The number of nitrogens with zero attached hydrogens (tertiary/aromatic N) is 2. The van der Waals surface area contributed by atoms with Crippen molar-refractivity contribution in [2.24, 2.45) is 0 Å². The van der Waals surface area contributed by atoms with Crippen LogP contribution in [0, 0.1) is 0 Å². The van der Waals surface area contributed by atoms with Gasteiger partial charge in [0.25, 0.3) is 23.6 Å². The van der Waals surface area contributed by atoms with Gasteiger partial charge in [-0.25, -0.2) is 9.80 Å². The van der Waals surface area contributed by atoms with Crippen LogP contribution in [0.15, 0.2) is 48.6 Å². The lowest BCUT2D eigenvalue weighted by Crippen LogP contribution is -2.27. The summed E-state index contributed by atoms with van der Waals surface area (Å²) in [6.45, 7) is 0. The Morgan fingerprint density at radius 1 is 0.545 bits per heavy atom. The van der Waals surface area contributed by atoms with Gasteiger partial charge in [0.2, 0.25) is 0 Å². The van der Waals surface area contributed by atoms with E-state index < -0.39 is 0 Å². The van der Waals surface area contributed by atoms with Crippen molar-refractivity contribution < 1.29 is 19.2 Å². The van der Waals surface area contributed by atoms with E-state index in [1.807, 2.05) is 0 Å². The van der Waals surface area contributed by atoms with Gasteiger partial charge in [0.15, 0.2) is 0 Å². The van der Waals surface area contributed by atoms with Crippen molar-refractivity contribution in [3.63, 3.8) is 0 Å². The maximum atomic E-state index is 11.5. The topological polar surface area (TPSA) is 74.8 Å². The molecule has 6 nitrogen and oxygen atoms in total. The van der Waals surface area contributed by atoms with Crippen LogP contribution >= 0.6 is 0 Å². The highest BCUT2D eigenvalue weighted by atomic mass is 16.2. The first-order valence-corrected chi connectivity index (χ1v) is 6.45. The van der Waals surface area contributed by atoms with E-state index >= 15 is 0 Å². The predicted octanol–water partition coefficient (Wildman–Crippen LogP) is -0.987. The molecule has 108 valence electrons. The summed E-state index contributed by atoms with van der Waals surface area (Å²) in [6, 6.07) is 6.73. The first-order valence-electron chi connectivity index (χ1n) is 6.45. The molecule has 0 unspecified atom stereocenters. The van der Waals surface area contributed by atoms with Crippen molar-refractivity contribution >= 4 is 36.0 Å². The Labute approximate surface area is 124 Å². The summed E-state index contributed by atoms with van der Waals surface area (Å²) < 4.78 is 0. The molecular formula is C16H10N2O4. The summed E-state index contributed by atoms with van der Waals surface area (Å²) in [6.07, 6.45) is 7.69. The van der Waals surface area contributed by atoms with Gasteiger partial charge in [0.1, 0.15) is 0 Å². The van der Waals surface area contributed by atoms with E-state index in [4.69, 9.17) is 0 Å². The molecule has 0 N–H and O–H groups in total. The van der Waals surface area contributed by atoms with Gasteiger partial charge >= 0.3 is 0 Å². The second-order valence-corrected chi connectivity index (χ2v) is 4.68. The van der Waals surface area contributed by atoms with Crippen molar-refractivity contribution in [3.05, 3.63) is 59.0 Å². The fraction of sp³-hybridized carbons (Fsp3) is 0. The number of carbonyl (C=O) groups excluding carboxylic acids is 4. The maximum absolute atomic E-state index is 11.5. The van der Waals surface area contributed by atoms with Gasteiger partial charge in [-0.1, -0.05) is 24.3 Å². The van der Waals surface area contributed by atoms with Crippen LogP contribution in [-0.4, -0.2) is 33.4 Å². The van der Waals surface area contributed by atoms with Gasteiger partial charge in [-0.15, -0.1) is 0 Å². The van der Waals surface area contributed by atoms with Crippen LogP contribution in [0.4, 0.5) is 0 Å². The van der Waals surface area contributed by atoms with Crippen LogP contribution in [0.25, 0.3) is 12.4 Å². The van der Waals surface area contributed by atoms with E-state index in [1.54, 1.807) is 24.3 Å². The lowest BCUT2D eigenvalue weighted by atomic mass is 10.2. The molecule has 0 aromatic heterocycles. The highest BCUT2D eigenvalue weighted by Gasteiger charge is 2.21. The van der Waals surface area contributed by atoms with Crippen molar-refractivity contribution in [2.75, 3.05) is 0 Å². The smallest absolute Gasteiger partial charge is 0.257 e. The van der Waals surface area contributed by atoms with Crippen LogP contribution in [0.5, 0.6) is 0 Å². The molecule has 1 aromatic carbocycles. The highest BCUT2D eigenvalue weighted by molar-refractivity contribution is 6.16. The minimum Gasteiger partial charge on any atom is -0.269 e. The molecular weight excluding hydrogens is 284 g/mol. The lowest BCUT2D eigenvalue weighted by molar-refractivity contribution is -0.134. The van der Waals surface area contributed by atoms with E-state index in [9.17, 15) is 19.2 Å². The van der Waals surface area contributed by atoms with Crippen molar-refractivity contribution in [2.45, 2.75) is 0 Å². The van der Waals surface area contributed by atoms with Crippen LogP contribution < -0.4 is 10.4 Å². The van der Waals surface area contributed by atoms with Gasteiger partial charge in [0.05, 0.1) is 0 Å². The molecule has 6 heteroatoms. The Kier molecular flexibility index (Phi) is 3.27. The summed E-state index contributed by atoms with van der Waals surface area (Å²) >= 11 is 0. The van der Waals surface area contributed by atoms with Crippen LogP contribution in [-0.2, 0) is 19.2 Å². The van der Waals surface area contributed by atoms with E-state index in [0.29, 0.717) is 10.4 Å². The molecule has 0 aliphatic carbocycles. The SMILES string of the molecule is O=C1C=CC(=O)N1C=c1ccc(=CN2C(=O)C=CC2=O)cc1. The zero-order chi connectivity index (χ0) is 15.7. The Balaban J connectivity index is 1.87. The molecule has 0 bridgehead atoms.